The second-order valence-electron chi connectivity index (χ2n) is 8.32. The first-order valence-electron chi connectivity index (χ1n) is 10.2. The topological polar surface area (TPSA) is 95.8 Å². The second kappa shape index (κ2) is 8.75. The Balaban J connectivity index is 1.61. The number of rotatable bonds is 3. The van der Waals surface area contributed by atoms with Gasteiger partial charge in [-0.05, 0) is 43.0 Å². The van der Waals surface area contributed by atoms with Gasteiger partial charge in [0.1, 0.15) is 16.4 Å². The minimum Gasteiger partial charge on any atom is -0.317 e. The average Bonchev–Trinajstić information content (AvgIpc) is 3.00. The van der Waals surface area contributed by atoms with Gasteiger partial charge in [0.25, 0.3) is 5.91 Å². The first kappa shape index (κ1) is 22.6. The van der Waals surface area contributed by atoms with Crippen LogP contribution in [0.2, 0.25) is 0 Å². The number of hydroxylamine groups is 2. The lowest BCUT2D eigenvalue weighted by atomic mass is 9.99. The number of anilines is 1. The molecule has 12 heteroatoms. The van der Waals surface area contributed by atoms with Crippen LogP contribution in [0.1, 0.15) is 28.7 Å². The summed E-state index contributed by atoms with van der Waals surface area (Å²) in [5.74, 6) is -0.953. The molecule has 0 aliphatic carbocycles. The van der Waals surface area contributed by atoms with Crippen molar-refractivity contribution in [3.8, 4) is 0 Å². The molecule has 0 unspecified atom stereocenters. The fourth-order valence-corrected chi connectivity index (χ4v) is 4.42. The number of carbonyl (C=O) groups excluding carboxylic acids is 2. The molecular formula is C20H25BrFN7O3. The first-order chi connectivity index (χ1) is 15.2. The molecule has 1 N–H and O–H groups in total. The molecule has 0 spiro atoms. The molecular weight excluding hydrogens is 485 g/mol. The quantitative estimate of drug-likeness (QED) is 0.636. The summed E-state index contributed by atoms with van der Waals surface area (Å²) < 4.78 is 16.0. The summed E-state index contributed by atoms with van der Waals surface area (Å²) in [6, 6.07) is 0.748. The fraction of sp³-hybridized carbons (Fsp3) is 0.500. The van der Waals surface area contributed by atoms with E-state index >= 15 is 0 Å². The molecule has 4 rings (SSSR count). The molecule has 10 nitrogen and oxygen atoms in total. The van der Waals surface area contributed by atoms with Crippen LogP contribution < -0.4 is 5.32 Å². The minimum atomic E-state index is -0.647. The molecule has 0 aromatic carbocycles. The highest BCUT2D eigenvalue weighted by atomic mass is 79.9. The van der Waals surface area contributed by atoms with Gasteiger partial charge in [0, 0.05) is 37.8 Å². The highest BCUT2D eigenvalue weighted by molar-refractivity contribution is 9.10. The normalized spacial score (nSPS) is 20.8. The van der Waals surface area contributed by atoms with Gasteiger partial charge in [-0.1, -0.05) is 0 Å². The molecule has 172 valence electrons. The Morgan fingerprint density at radius 1 is 1.44 bits per heavy atom. The van der Waals surface area contributed by atoms with E-state index in [9.17, 15) is 14.0 Å². The average molecular weight is 510 g/mol. The van der Waals surface area contributed by atoms with E-state index < -0.39 is 11.8 Å². The van der Waals surface area contributed by atoms with E-state index in [0.29, 0.717) is 30.8 Å². The molecule has 4 heterocycles. The summed E-state index contributed by atoms with van der Waals surface area (Å²) in [4.78, 5) is 39.2. The third kappa shape index (κ3) is 4.21. The van der Waals surface area contributed by atoms with Crippen molar-refractivity contribution in [2.45, 2.75) is 38.6 Å². The molecule has 0 saturated carbocycles. The van der Waals surface area contributed by atoms with E-state index in [1.165, 1.54) is 17.3 Å². The Morgan fingerprint density at radius 2 is 2.19 bits per heavy atom. The van der Waals surface area contributed by atoms with Crippen molar-refractivity contribution in [1.82, 2.24) is 29.6 Å². The van der Waals surface area contributed by atoms with Gasteiger partial charge in [-0.2, -0.15) is 5.10 Å². The zero-order valence-electron chi connectivity index (χ0n) is 18.3. The number of pyridine rings is 1. The molecule has 2 aliphatic rings. The van der Waals surface area contributed by atoms with Gasteiger partial charge in [0.2, 0.25) is 0 Å². The summed E-state index contributed by atoms with van der Waals surface area (Å²) >= 11 is 3.02. The second-order valence-corrected chi connectivity index (χ2v) is 9.07. The lowest BCUT2D eigenvalue weighted by molar-refractivity contribution is -0.152. The van der Waals surface area contributed by atoms with Crippen LogP contribution in [0, 0.1) is 5.82 Å². The Morgan fingerprint density at radius 3 is 2.91 bits per heavy atom. The van der Waals surface area contributed by atoms with Crippen LogP contribution in [0.5, 0.6) is 0 Å². The number of halogens is 2. The molecule has 0 fully saturated rings. The molecule has 2 aromatic heterocycles. The van der Waals surface area contributed by atoms with Crippen LogP contribution in [0.3, 0.4) is 0 Å². The van der Waals surface area contributed by atoms with Crippen LogP contribution in [0.4, 0.5) is 14.9 Å². The maximum Gasteiger partial charge on any atom is 0.322 e. The minimum absolute atomic E-state index is 0.0205. The summed E-state index contributed by atoms with van der Waals surface area (Å²) in [5.41, 5.74) is 1.94. The van der Waals surface area contributed by atoms with Crippen LogP contribution in [0.15, 0.2) is 16.9 Å². The summed E-state index contributed by atoms with van der Waals surface area (Å²) in [6.07, 6.45) is 1.64. The van der Waals surface area contributed by atoms with Gasteiger partial charge in [-0.15, -0.1) is 0 Å². The van der Waals surface area contributed by atoms with Crippen LogP contribution in [0.25, 0.3) is 0 Å². The van der Waals surface area contributed by atoms with Crippen LogP contribution in [-0.4, -0.2) is 81.4 Å². The molecule has 2 aliphatic heterocycles. The summed E-state index contributed by atoms with van der Waals surface area (Å²) in [6.45, 7) is 3.13. The molecule has 2 atom stereocenters. The number of aromatic nitrogens is 3. The number of fused-ring (bicyclic) bond motifs is 3. The number of likely N-dealkylation sites (N-methyl/N-ethyl adjacent to an activating group) is 1. The molecule has 0 bridgehead atoms. The number of carbonyl (C=O) groups is 2. The lowest BCUT2D eigenvalue weighted by Gasteiger charge is -2.33. The SMILES string of the molecule is C[C@@H]1Cc2nn3c(c2CN1C(=O)Nc1ccnc(Br)c1F)C(=O)N(C)O[C@@H](CN(C)C)C3. The lowest BCUT2D eigenvalue weighted by Crippen LogP contribution is -2.45. The number of hydrogen-bond acceptors (Lipinski definition) is 6. The van der Waals surface area contributed by atoms with E-state index in [1.54, 1.807) is 16.6 Å². The number of hydrogen-bond donors (Lipinski definition) is 1. The van der Waals surface area contributed by atoms with Crippen molar-refractivity contribution in [2.75, 3.05) is 33.0 Å². The van der Waals surface area contributed by atoms with E-state index in [-0.39, 0.29) is 34.9 Å². The molecule has 2 aromatic rings. The third-order valence-corrected chi connectivity index (χ3v) is 6.13. The number of nitrogens with one attached hydrogen (secondary N) is 1. The smallest absolute Gasteiger partial charge is 0.317 e. The predicted octanol–water partition coefficient (Wildman–Crippen LogP) is 2.11. The van der Waals surface area contributed by atoms with Crippen molar-refractivity contribution >= 4 is 33.6 Å². The van der Waals surface area contributed by atoms with Crippen LogP contribution in [-0.2, 0) is 24.3 Å². The zero-order chi connectivity index (χ0) is 23.2. The summed E-state index contributed by atoms with van der Waals surface area (Å²) in [5, 5.41) is 8.53. The van der Waals surface area contributed by atoms with Gasteiger partial charge in [0.05, 0.1) is 24.5 Å². The van der Waals surface area contributed by atoms with Crippen molar-refractivity contribution in [2.24, 2.45) is 0 Å². The Bertz CT molecular complexity index is 1060. The number of amides is 3. The molecule has 32 heavy (non-hydrogen) atoms. The maximum atomic E-state index is 14.3. The van der Waals surface area contributed by atoms with Gasteiger partial charge in [-0.3, -0.25) is 14.3 Å². The van der Waals surface area contributed by atoms with E-state index in [1.807, 2.05) is 25.9 Å². The van der Waals surface area contributed by atoms with Gasteiger partial charge >= 0.3 is 6.03 Å². The molecule has 0 radical (unpaired) electrons. The monoisotopic (exact) mass is 509 g/mol. The Hall–Kier alpha value is -2.57. The maximum absolute atomic E-state index is 14.3. The van der Waals surface area contributed by atoms with Gasteiger partial charge in [0.15, 0.2) is 5.82 Å². The highest BCUT2D eigenvalue weighted by Gasteiger charge is 2.37. The predicted molar refractivity (Wildman–Crippen MR) is 117 cm³/mol. The molecule has 3 amide bonds. The van der Waals surface area contributed by atoms with Crippen molar-refractivity contribution in [3.63, 3.8) is 0 Å². The largest absolute Gasteiger partial charge is 0.322 e. The van der Waals surface area contributed by atoms with Crippen molar-refractivity contribution < 1.29 is 18.8 Å². The number of nitrogens with zero attached hydrogens (tertiary/aromatic N) is 6. The standard InChI is InChI=1S/C20H25BrFN7O3/c1-11-7-15-13(10-28(11)20(31)24-14-5-6-23-18(21)16(14)22)17-19(30)27(4)32-12(8-26(2)3)9-29(17)25-15/h5-6,11-12H,7-10H2,1-4H3,(H,23,24,31)/t11-,12+/m1/s1. The molecule has 0 saturated heterocycles. The first-order valence-corrected chi connectivity index (χ1v) is 11.0. The summed E-state index contributed by atoms with van der Waals surface area (Å²) in [7, 11) is 5.46. The fourth-order valence-electron chi connectivity index (χ4n) is 4.09. The zero-order valence-corrected chi connectivity index (χ0v) is 19.9. The van der Waals surface area contributed by atoms with E-state index in [2.05, 4.69) is 31.3 Å². The Labute approximate surface area is 193 Å². The van der Waals surface area contributed by atoms with Crippen molar-refractivity contribution in [3.05, 3.63) is 39.6 Å². The van der Waals surface area contributed by atoms with Gasteiger partial charge in [-0.25, -0.2) is 19.2 Å². The number of urea groups is 1. The van der Waals surface area contributed by atoms with Gasteiger partial charge < -0.3 is 15.1 Å². The third-order valence-electron chi connectivity index (χ3n) is 5.57. The Kier molecular flexibility index (Phi) is 6.19. The van der Waals surface area contributed by atoms with Crippen molar-refractivity contribution in [1.29, 1.82) is 0 Å². The van der Waals surface area contributed by atoms with E-state index in [4.69, 9.17) is 4.84 Å². The van der Waals surface area contributed by atoms with Crippen LogP contribution >= 0.6 is 15.9 Å². The van der Waals surface area contributed by atoms with E-state index in [0.717, 1.165) is 5.69 Å². The highest BCUT2D eigenvalue weighted by Crippen LogP contribution is 2.29.